The molecular formula is C15H21BrCl2N4O. The molecule has 1 atom stereocenters. The molecule has 0 aliphatic heterocycles. The highest BCUT2D eigenvalue weighted by Crippen LogP contribution is 2.23. The van der Waals surface area contributed by atoms with Gasteiger partial charge in [0.05, 0.1) is 6.20 Å². The summed E-state index contributed by atoms with van der Waals surface area (Å²) in [6.07, 6.45) is 3.63. The van der Waals surface area contributed by atoms with Crippen molar-refractivity contribution in [3.05, 3.63) is 52.3 Å². The highest BCUT2D eigenvalue weighted by molar-refractivity contribution is 9.10. The molecule has 2 aromatic rings. The smallest absolute Gasteiger partial charge is 0.247 e. The fourth-order valence-electron chi connectivity index (χ4n) is 2.22. The van der Waals surface area contributed by atoms with Gasteiger partial charge in [-0.3, -0.25) is 9.48 Å². The maximum atomic E-state index is 12.6. The number of halogens is 3. The van der Waals surface area contributed by atoms with E-state index in [-0.39, 0.29) is 30.7 Å². The van der Waals surface area contributed by atoms with Crippen LogP contribution in [-0.4, -0.2) is 27.6 Å². The van der Waals surface area contributed by atoms with Crippen LogP contribution in [0.15, 0.2) is 41.1 Å². The normalized spacial score (nSPS) is 12.6. The molecule has 0 spiro atoms. The third-order valence-electron chi connectivity index (χ3n) is 3.41. The van der Waals surface area contributed by atoms with Crippen molar-refractivity contribution in [1.29, 1.82) is 0 Å². The van der Waals surface area contributed by atoms with Gasteiger partial charge in [0.1, 0.15) is 5.54 Å². The molecule has 1 aromatic carbocycles. The quantitative estimate of drug-likeness (QED) is 0.822. The fourth-order valence-corrected chi connectivity index (χ4v) is 2.48. The first-order chi connectivity index (χ1) is 9.80. The lowest BCUT2D eigenvalue weighted by atomic mass is 9.91. The van der Waals surface area contributed by atoms with Gasteiger partial charge in [0.15, 0.2) is 0 Å². The number of hydrogen-bond donors (Lipinski definition) is 1. The van der Waals surface area contributed by atoms with Gasteiger partial charge >= 0.3 is 0 Å². The number of carbonyl (C=O) groups excluding carboxylic acids is 1. The van der Waals surface area contributed by atoms with Crippen LogP contribution in [0.2, 0.25) is 0 Å². The SMILES string of the molecule is CN(Cc1cnn(C)c1)C(=O)C(C)(N)c1ccc(Br)cc1.Cl.Cl. The van der Waals surface area contributed by atoms with Gasteiger partial charge in [-0.1, -0.05) is 28.1 Å². The van der Waals surface area contributed by atoms with E-state index in [1.54, 1.807) is 29.7 Å². The van der Waals surface area contributed by atoms with Crippen molar-refractivity contribution in [3.63, 3.8) is 0 Å². The van der Waals surface area contributed by atoms with Gasteiger partial charge in [0.25, 0.3) is 0 Å². The topological polar surface area (TPSA) is 64.2 Å². The largest absolute Gasteiger partial charge is 0.339 e. The number of nitrogens with two attached hydrogens (primary N) is 1. The van der Waals surface area contributed by atoms with E-state index in [0.717, 1.165) is 15.6 Å². The van der Waals surface area contributed by atoms with Crippen LogP contribution in [0, 0.1) is 0 Å². The Morgan fingerprint density at radius 1 is 1.35 bits per heavy atom. The number of aryl methyl sites for hydroxylation is 1. The Morgan fingerprint density at radius 3 is 2.39 bits per heavy atom. The lowest BCUT2D eigenvalue weighted by molar-refractivity contribution is -0.136. The highest BCUT2D eigenvalue weighted by atomic mass is 79.9. The molecule has 1 heterocycles. The maximum Gasteiger partial charge on any atom is 0.247 e. The summed E-state index contributed by atoms with van der Waals surface area (Å²) < 4.78 is 2.67. The second-order valence-corrected chi connectivity index (χ2v) is 6.31. The summed E-state index contributed by atoms with van der Waals surface area (Å²) in [5.41, 5.74) is 6.96. The zero-order valence-electron chi connectivity index (χ0n) is 13.2. The number of nitrogens with zero attached hydrogens (tertiary/aromatic N) is 3. The summed E-state index contributed by atoms with van der Waals surface area (Å²) in [5, 5.41) is 4.10. The second-order valence-electron chi connectivity index (χ2n) is 5.39. The molecule has 0 radical (unpaired) electrons. The molecule has 5 nitrogen and oxygen atoms in total. The molecule has 8 heteroatoms. The minimum absolute atomic E-state index is 0. The van der Waals surface area contributed by atoms with Crippen molar-refractivity contribution in [2.45, 2.75) is 19.0 Å². The van der Waals surface area contributed by atoms with Gasteiger partial charge in [0, 0.05) is 36.9 Å². The monoisotopic (exact) mass is 422 g/mol. The minimum Gasteiger partial charge on any atom is -0.339 e. The Bertz CT molecular complexity index is 643. The van der Waals surface area contributed by atoms with Crippen LogP contribution in [0.3, 0.4) is 0 Å². The Morgan fingerprint density at radius 2 is 1.91 bits per heavy atom. The van der Waals surface area contributed by atoms with E-state index >= 15 is 0 Å². The van der Waals surface area contributed by atoms with E-state index in [1.807, 2.05) is 37.5 Å². The first-order valence-corrected chi connectivity index (χ1v) is 7.38. The average molecular weight is 424 g/mol. The van der Waals surface area contributed by atoms with Gasteiger partial charge in [-0.05, 0) is 24.6 Å². The zero-order valence-corrected chi connectivity index (χ0v) is 16.4. The predicted octanol–water partition coefficient (Wildman–Crippen LogP) is 2.86. The Labute approximate surface area is 157 Å². The summed E-state index contributed by atoms with van der Waals surface area (Å²) >= 11 is 3.38. The van der Waals surface area contributed by atoms with Crippen molar-refractivity contribution < 1.29 is 4.79 Å². The Kier molecular flexibility index (Phi) is 8.28. The lowest BCUT2D eigenvalue weighted by Crippen LogP contribution is -2.49. The van der Waals surface area contributed by atoms with Crippen LogP contribution in [-0.2, 0) is 23.9 Å². The van der Waals surface area contributed by atoms with E-state index in [0.29, 0.717) is 6.54 Å². The van der Waals surface area contributed by atoms with Crippen molar-refractivity contribution in [2.24, 2.45) is 12.8 Å². The highest BCUT2D eigenvalue weighted by Gasteiger charge is 2.33. The predicted molar refractivity (Wildman–Crippen MR) is 99.9 cm³/mol. The van der Waals surface area contributed by atoms with Crippen LogP contribution < -0.4 is 5.73 Å². The Balaban J connectivity index is 0.00000242. The van der Waals surface area contributed by atoms with Gasteiger partial charge in [-0.15, -0.1) is 24.8 Å². The summed E-state index contributed by atoms with van der Waals surface area (Å²) in [4.78, 5) is 14.2. The van der Waals surface area contributed by atoms with Crippen molar-refractivity contribution in [1.82, 2.24) is 14.7 Å². The van der Waals surface area contributed by atoms with Gasteiger partial charge in [-0.25, -0.2) is 0 Å². The molecule has 2 N–H and O–H groups in total. The van der Waals surface area contributed by atoms with E-state index in [2.05, 4.69) is 21.0 Å². The Hall–Kier alpha value is -1.08. The molecule has 1 amide bonds. The number of carbonyl (C=O) groups is 1. The third kappa shape index (κ3) is 5.21. The van der Waals surface area contributed by atoms with E-state index < -0.39 is 5.54 Å². The van der Waals surface area contributed by atoms with Crippen LogP contribution in [0.1, 0.15) is 18.1 Å². The molecule has 1 aromatic heterocycles. The summed E-state index contributed by atoms with van der Waals surface area (Å²) in [5.74, 6) is -0.131. The first kappa shape index (κ1) is 21.9. The fraction of sp³-hybridized carbons (Fsp3) is 0.333. The molecule has 128 valence electrons. The maximum absolute atomic E-state index is 12.6. The van der Waals surface area contributed by atoms with Crippen molar-refractivity contribution in [3.8, 4) is 0 Å². The number of benzene rings is 1. The lowest BCUT2D eigenvalue weighted by Gasteiger charge is -2.29. The molecule has 0 aliphatic carbocycles. The molecule has 0 bridgehead atoms. The van der Waals surface area contributed by atoms with Crippen LogP contribution in [0.5, 0.6) is 0 Å². The number of hydrogen-bond acceptors (Lipinski definition) is 3. The van der Waals surface area contributed by atoms with Crippen LogP contribution in [0.25, 0.3) is 0 Å². The van der Waals surface area contributed by atoms with E-state index in [4.69, 9.17) is 5.73 Å². The van der Waals surface area contributed by atoms with Gasteiger partial charge in [0.2, 0.25) is 5.91 Å². The molecule has 1 unspecified atom stereocenters. The number of amides is 1. The minimum atomic E-state index is -1.06. The standard InChI is InChI=1S/C15H19BrN4O.2ClH/c1-15(17,12-4-6-13(16)7-5-12)14(21)19(2)9-11-8-18-20(3)10-11;;/h4-8,10H,9,17H2,1-3H3;2*1H. The average Bonchev–Trinajstić information content (AvgIpc) is 2.83. The molecule has 0 saturated carbocycles. The summed E-state index contributed by atoms with van der Waals surface area (Å²) in [7, 11) is 3.60. The second kappa shape index (κ2) is 8.68. The molecule has 2 rings (SSSR count). The number of aromatic nitrogens is 2. The number of likely N-dealkylation sites (N-methyl/N-ethyl adjacent to an activating group) is 1. The van der Waals surface area contributed by atoms with E-state index in [1.165, 1.54) is 0 Å². The van der Waals surface area contributed by atoms with Gasteiger partial charge in [-0.2, -0.15) is 5.10 Å². The molecule has 0 saturated heterocycles. The first-order valence-electron chi connectivity index (χ1n) is 6.58. The zero-order chi connectivity index (χ0) is 15.6. The summed E-state index contributed by atoms with van der Waals surface area (Å²) in [6, 6.07) is 7.49. The summed E-state index contributed by atoms with van der Waals surface area (Å²) in [6.45, 7) is 2.22. The molecule has 0 fully saturated rings. The molecular weight excluding hydrogens is 403 g/mol. The van der Waals surface area contributed by atoms with Crippen LogP contribution in [0.4, 0.5) is 0 Å². The molecule has 0 aliphatic rings. The van der Waals surface area contributed by atoms with E-state index in [9.17, 15) is 4.79 Å². The molecule has 23 heavy (non-hydrogen) atoms. The van der Waals surface area contributed by atoms with Crippen molar-refractivity contribution in [2.75, 3.05) is 7.05 Å². The van der Waals surface area contributed by atoms with Crippen molar-refractivity contribution >= 4 is 46.7 Å². The van der Waals surface area contributed by atoms with Crippen LogP contribution >= 0.6 is 40.7 Å². The number of rotatable bonds is 4. The third-order valence-corrected chi connectivity index (χ3v) is 3.94. The van der Waals surface area contributed by atoms with Gasteiger partial charge < -0.3 is 10.6 Å².